The Kier molecular flexibility index (Phi) is 6.24. The van der Waals surface area contributed by atoms with Crippen molar-refractivity contribution in [1.29, 1.82) is 0 Å². The van der Waals surface area contributed by atoms with Crippen molar-refractivity contribution < 1.29 is 13.5 Å². The van der Waals surface area contributed by atoms with E-state index in [0.717, 1.165) is 22.4 Å². The summed E-state index contributed by atoms with van der Waals surface area (Å²) < 4.78 is 24.1. The average Bonchev–Trinajstić information content (AvgIpc) is 2.89. The molecule has 0 saturated carbocycles. The molecule has 1 heterocycles. The number of fused-ring (bicyclic) bond motifs is 1. The molecule has 2 aromatic carbocycles. The summed E-state index contributed by atoms with van der Waals surface area (Å²) in [6.45, 7) is 2.15. The van der Waals surface area contributed by atoms with Crippen molar-refractivity contribution in [2.24, 2.45) is 10.7 Å². The van der Waals surface area contributed by atoms with Gasteiger partial charge in [-0.15, -0.1) is 24.0 Å². The Balaban J connectivity index is 0.00000225. The number of aliphatic imine (C=N–C) groups is 1. The molecule has 0 unspecified atom stereocenters. The number of guanidine groups is 1. The standard InChI is InChI=1S/C18H18FN3O2.HI/c1-11-15-9-12(19)3-8-16(15)24-17(11)10-21-18(20)22-13-4-6-14(23-2)7-5-13;/h3-9H,10H2,1-2H3,(H3,20,21,22);1H. The van der Waals surface area contributed by atoms with Gasteiger partial charge in [0.1, 0.15) is 29.5 Å². The molecular weight excluding hydrogens is 436 g/mol. The van der Waals surface area contributed by atoms with E-state index in [1.165, 1.54) is 12.1 Å². The van der Waals surface area contributed by atoms with Gasteiger partial charge >= 0.3 is 0 Å². The lowest BCUT2D eigenvalue weighted by Gasteiger charge is -2.06. The van der Waals surface area contributed by atoms with Gasteiger partial charge in [-0.05, 0) is 49.4 Å². The first-order valence-corrected chi connectivity index (χ1v) is 7.45. The molecule has 0 aliphatic rings. The van der Waals surface area contributed by atoms with Gasteiger partial charge in [0.05, 0.1) is 7.11 Å². The van der Waals surface area contributed by atoms with Crippen LogP contribution in [0.25, 0.3) is 11.0 Å². The number of anilines is 1. The van der Waals surface area contributed by atoms with Gasteiger partial charge in [-0.3, -0.25) is 0 Å². The molecule has 0 aliphatic heterocycles. The number of ether oxygens (including phenoxy) is 1. The van der Waals surface area contributed by atoms with Gasteiger partial charge in [-0.2, -0.15) is 0 Å². The smallest absolute Gasteiger partial charge is 0.193 e. The normalized spacial score (nSPS) is 11.2. The molecule has 0 bridgehead atoms. The average molecular weight is 455 g/mol. The molecule has 1 aromatic heterocycles. The van der Waals surface area contributed by atoms with Crippen LogP contribution in [0.15, 0.2) is 51.9 Å². The predicted octanol–water partition coefficient (Wildman–Crippen LogP) is 4.43. The van der Waals surface area contributed by atoms with Crippen LogP contribution >= 0.6 is 24.0 Å². The summed E-state index contributed by atoms with van der Waals surface area (Å²) in [6.07, 6.45) is 0. The molecule has 132 valence electrons. The second-order valence-corrected chi connectivity index (χ2v) is 5.35. The van der Waals surface area contributed by atoms with Crippen LogP contribution in [0.1, 0.15) is 11.3 Å². The monoisotopic (exact) mass is 455 g/mol. The zero-order valence-corrected chi connectivity index (χ0v) is 16.2. The molecule has 0 aliphatic carbocycles. The van der Waals surface area contributed by atoms with Crippen LogP contribution in [0.2, 0.25) is 0 Å². The third-order valence-electron chi connectivity index (χ3n) is 3.75. The summed E-state index contributed by atoms with van der Waals surface area (Å²) in [6, 6.07) is 11.8. The van der Waals surface area contributed by atoms with E-state index >= 15 is 0 Å². The van der Waals surface area contributed by atoms with Crippen molar-refractivity contribution >= 4 is 46.6 Å². The Morgan fingerprint density at radius 3 is 2.64 bits per heavy atom. The summed E-state index contributed by atoms with van der Waals surface area (Å²) in [7, 11) is 1.61. The van der Waals surface area contributed by atoms with Gasteiger partial charge in [0, 0.05) is 16.6 Å². The lowest BCUT2D eigenvalue weighted by atomic mass is 10.1. The number of aryl methyl sites for hydroxylation is 1. The van der Waals surface area contributed by atoms with E-state index in [4.69, 9.17) is 14.9 Å². The molecule has 0 atom stereocenters. The zero-order valence-electron chi connectivity index (χ0n) is 13.9. The van der Waals surface area contributed by atoms with Gasteiger partial charge < -0.3 is 20.2 Å². The molecule has 0 fully saturated rings. The molecule has 5 nitrogen and oxygen atoms in total. The zero-order chi connectivity index (χ0) is 17.1. The molecule has 0 amide bonds. The quantitative estimate of drug-likeness (QED) is 0.347. The topological polar surface area (TPSA) is 72.8 Å². The molecule has 0 spiro atoms. The number of rotatable bonds is 4. The summed E-state index contributed by atoms with van der Waals surface area (Å²) >= 11 is 0. The summed E-state index contributed by atoms with van der Waals surface area (Å²) in [4.78, 5) is 4.28. The Morgan fingerprint density at radius 2 is 1.96 bits per heavy atom. The first kappa shape index (κ1) is 19.0. The highest BCUT2D eigenvalue weighted by Crippen LogP contribution is 2.26. The maximum absolute atomic E-state index is 13.3. The van der Waals surface area contributed by atoms with Crippen LogP contribution in [0, 0.1) is 12.7 Å². The van der Waals surface area contributed by atoms with Crippen molar-refractivity contribution in [2.75, 3.05) is 12.4 Å². The maximum Gasteiger partial charge on any atom is 0.193 e. The number of methoxy groups -OCH3 is 1. The van der Waals surface area contributed by atoms with Gasteiger partial charge in [-0.25, -0.2) is 9.38 Å². The van der Waals surface area contributed by atoms with Crippen LogP contribution in [0.5, 0.6) is 5.75 Å². The largest absolute Gasteiger partial charge is 0.497 e. The van der Waals surface area contributed by atoms with Gasteiger partial charge in [0.15, 0.2) is 5.96 Å². The summed E-state index contributed by atoms with van der Waals surface area (Å²) in [5.41, 5.74) is 8.21. The fourth-order valence-electron chi connectivity index (χ4n) is 2.41. The highest BCUT2D eigenvalue weighted by Gasteiger charge is 2.10. The van der Waals surface area contributed by atoms with Crippen LogP contribution in [0.3, 0.4) is 0 Å². The predicted molar refractivity (Wildman–Crippen MR) is 108 cm³/mol. The molecule has 3 rings (SSSR count). The van der Waals surface area contributed by atoms with Crippen molar-refractivity contribution in [3.8, 4) is 5.75 Å². The SMILES string of the molecule is COc1ccc(NC(N)=NCc2oc3ccc(F)cc3c2C)cc1.I. The number of hydrogen-bond donors (Lipinski definition) is 2. The molecule has 3 N–H and O–H groups in total. The lowest BCUT2D eigenvalue weighted by Crippen LogP contribution is -2.22. The first-order chi connectivity index (χ1) is 11.6. The van der Waals surface area contributed by atoms with E-state index in [1.54, 1.807) is 13.2 Å². The van der Waals surface area contributed by atoms with Crippen LogP contribution < -0.4 is 15.8 Å². The third kappa shape index (κ3) is 4.41. The van der Waals surface area contributed by atoms with Crippen molar-refractivity contribution in [3.63, 3.8) is 0 Å². The Labute approximate surface area is 162 Å². The Morgan fingerprint density at radius 1 is 1.24 bits per heavy atom. The van der Waals surface area contributed by atoms with Crippen LogP contribution in [-0.2, 0) is 6.54 Å². The number of nitrogens with two attached hydrogens (primary N) is 1. The Hall–Kier alpha value is -2.29. The molecular formula is C18H19FIN3O2. The number of halogens is 2. The minimum atomic E-state index is -0.290. The van der Waals surface area contributed by atoms with E-state index in [9.17, 15) is 4.39 Å². The van der Waals surface area contributed by atoms with Crippen LogP contribution in [-0.4, -0.2) is 13.1 Å². The minimum Gasteiger partial charge on any atom is -0.497 e. The van der Waals surface area contributed by atoms with E-state index < -0.39 is 0 Å². The highest BCUT2D eigenvalue weighted by molar-refractivity contribution is 14.0. The maximum atomic E-state index is 13.3. The summed E-state index contributed by atoms with van der Waals surface area (Å²) in [5.74, 6) is 1.41. The van der Waals surface area contributed by atoms with Gasteiger partial charge in [0.25, 0.3) is 0 Å². The lowest BCUT2D eigenvalue weighted by molar-refractivity contribution is 0.415. The molecule has 3 aromatic rings. The second-order valence-electron chi connectivity index (χ2n) is 5.35. The van der Waals surface area contributed by atoms with Crippen molar-refractivity contribution in [3.05, 3.63) is 59.6 Å². The Bertz CT molecular complexity index is 891. The number of hydrogen-bond acceptors (Lipinski definition) is 3. The van der Waals surface area contributed by atoms with E-state index in [1.807, 2.05) is 31.2 Å². The first-order valence-electron chi connectivity index (χ1n) is 7.45. The second kappa shape index (κ2) is 8.19. The summed E-state index contributed by atoms with van der Waals surface area (Å²) in [5, 5.41) is 3.75. The fraction of sp³-hybridized carbons (Fsp3) is 0.167. The number of benzene rings is 2. The van der Waals surface area contributed by atoms with Crippen LogP contribution in [0.4, 0.5) is 10.1 Å². The fourth-order valence-corrected chi connectivity index (χ4v) is 2.41. The van der Waals surface area contributed by atoms with E-state index in [0.29, 0.717) is 11.3 Å². The third-order valence-corrected chi connectivity index (χ3v) is 3.75. The van der Waals surface area contributed by atoms with Gasteiger partial charge in [0.2, 0.25) is 0 Å². The molecule has 7 heteroatoms. The number of furan rings is 1. The molecule has 25 heavy (non-hydrogen) atoms. The van der Waals surface area contributed by atoms with Crippen molar-refractivity contribution in [1.82, 2.24) is 0 Å². The van der Waals surface area contributed by atoms with Crippen molar-refractivity contribution in [2.45, 2.75) is 13.5 Å². The van der Waals surface area contributed by atoms with Gasteiger partial charge in [-0.1, -0.05) is 0 Å². The number of nitrogens with zero attached hydrogens (tertiary/aromatic N) is 1. The van der Waals surface area contributed by atoms with E-state index in [-0.39, 0.29) is 42.3 Å². The number of nitrogens with one attached hydrogen (secondary N) is 1. The highest BCUT2D eigenvalue weighted by atomic mass is 127. The molecule has 0 radical (unpaired) electrons. The minimum absolute atomic E-state index is 0. The van der Waals surface area contributed by atoms with E-state index in [2.05, 4.69) is 10.3 Å². The molecule has 0 saturated heterocycles.